The summed E-state index contributed by atoms with van der Waals surface area (Å²) >= 11 is 1.60. The number of rotatable bonds is 8. The summed E-state index contributed by atoms with van der Waals surface area (Å²) in [5.41, 5.74) is 1.20. The lowest BCUT2D eigenvalue weighted by molar-refractivity contribution is -0.113. The third kappa shape index (κ3) is 4.02. The number of thioether (sulfide) groups is 1. The molecule has 8 nitrogen and oxygen atoms in total. The second-order valence-corrected chi connectivity index (χ2v) is 5.23. The van der Waals surface area contributed by atoms with Gasteiger partial charge in [0.2, 0.25) is 5.16 Å². The van der Waals surface area contributed by atoms with Crippen molar-refractivity contribution >= 4 is 11.8 Å². The standard InChI is InChI=1S/C11H18N6O2S/c1-16-7-9(6-12-16)4-5-20-11-13-14-15-17(11)8-10(18-2)19-3/h6-7,10H,4-5,8H2,1-3H3. The molecule has 0 saturated carbocycles. The lowest BCUT2D eigenvalue weighted by Gasteiger charge is -2.13. The minimum Gasteiger partial charge on any atom is -0.354 e. The molecule has 0 N–H and O–H groups in total. The molecule has 2 aromatic heterocycles. The van der Waals surface area contributed by atoms with Crippen LogP contribution in [-0.2, 0) is 29.5 Å². The molecule has 0 saturated heterocycles. The first-order chi connectivity index (χ1) is 9.72. The van der Waals surface area contributed by atoms with Gasteiger partial charge in [-0.3, -0.25) is 4.68 Å². The van der Waals surface area contributed by atoms with E-state index in [9.17, 15) is 0 Å². The molecule has 0 aromatic carbocycles. The van der Waals surface area contributed by atoms with E-state index < -0.39 is 0 Å². The van der Waals surface area contributed by atoms with Crippen LogP contribution in [0.25, 0.3) is 0 Å². The van der Waals surface area contributed by atoms with Crippen molar-refractivity contribution in [3.05, 3.63) is 18.0 Å². The van der Waals surface area contributed by atoms with Crippen LogP contribution in [0.3, 0.4) is 0 Å². The SMILES string of the molecule is COC(Cn1nnnc1SCCc1cnn(C)c1)OC. The van der Waals surface area contributed by atoms with E-state index in [-0.39, 0.29) is 6.29 Å². The number of aryl methyl sites for hydroxylation is 2. The van der Waals surface area contributed by atoms with Gasteiger partial charge in [0.05, 0.1) is 12.7 Å². The van der Waals surface area contributed by atoms with Gasteiger partial charge in [-0.1, -0.05) is 11.8 Å². The molecule has 2 rings (SSSR count). The van der Waals surface area contributed by atoms with E-state index in [1.165, 1.54) is 5.56 Å². The first-order valence-corrected chi connectivity index (χ1v) is 7.13. The Morgan fingerprint density at radius 1 is 1.35 bits per heavy atom. The normalized spacial score (nSPS) is 11.4. The minimum absolute atomic E-state index is 0.351. The summed E-state index contributed by atoms with van der Waals surface area (Å²) in [6.07, 6.45) is 4.45. The Morgan fingerprint density at radius 3 is 2.80 bits per heavy atom. The lowest BCUT2D eigenvalue weighted by atomic mass is 10.3. The molecule has 0 unspecified atom stereocenters. The van der Waals surface area contributed by atoms with Crippen LogP contribution in [0.2, 0.25) is 0 Å². The van der Waals surface area contributed by atoms with Crippen LogP contribution < -0.4 is 0 Å². The molecule has 0 fully saturated rings. The maximum Gasteiger partial charge on any atom is 0.209 e. The highest BCUT2D eigenvalue weighted by atomic mass is 32.2. The zero-order valence-corrected chi connectivity index (χ0v) is 12.6. The number of hydrogen-bond donors (Lipinski definition) is 0. The van der Waals surface area contributed by atoms with Crippen LogP contribution in [0.1, 0.15) is 5.56 Å². The van der Waals surface area contributed by atoms with Crippen LogP contribution in [0.5, 0.6) is 0 Å². The topological polar surface area (TPSA) is 79.9 Å². The van der Waals surface area contributed by atoms with Gasteiger partial charge in [-0.15, -0.1) is 5.10 Å². The van der Waals surface area contributed by atoms with Gasteiger partial charge in [0.1, 0.15) is 0 Å². The van der Waals surface area contributed by atoms with Gasteiger partial charge in [-0.2, -0.15) is 5.10 Å². The largest absolute Gasteiger partial charge is 0.354 e. The van der Waals surface area contributed by atoms with Gasteiger partial charge in [-0.25, -0.2) is 4.68 Å². The summed E-state index contributed by atoms with van der Waals surface area (Å²) in [7, 11) is 5.09. The van der Waals surface area contributed by atoms with Crippen molar-refractivity contribution in [2.24, 2.45) is 7.05 Å². The van der Waals surface area contributed by atoms with E-state index in [0.29, 0.717) is 6.54 Å². The number of ether oxygens (including phenoxy) is 2. The Hall–Kier alpha value is -1.45. The molecule has 0 aliphatic rings. The van der Waals surface area contributed by atoms with Crippen LogP contribution in [0.4, 0.5) is 0 Å². The molecule has 110 valence electrons. The van der Waals surface area contributed by atoms with Crippen molar-refractivity contribution in [3.63, 3.8) is 0 Å². The second kappa shape index (κ2) is 7.36. The summed E-state index contributed by atoms with van der Waals surface area (Å²) < 4.78 is 13.8. The monoisotopic (exact) mass is 298 g/mol. The van der Waals surface area contributed by atoms with Crippen molar-refractivity contribution in [3.8, 4) is 0 Å². The zero-order valence-electron chi connectivity index (χ0n) is 11.8. The van der Waals surface area contributed by atoms with Crippen molar-refractivity contribution < 1.29 is 9.47 Å². The van der Waals surface area contributed by atoms with Crippen LogP contribution in [-0.4, -0.2) is 56.3 Å². The molecule has 0 spiro atoms. The summed E-state index contributed by atoms with van der Waals surface area (Å²) in [5, 5.41) is 16.5. The molecule has 0 aliphatic heterocycles. The van der Waals surface area contributed by atoms with Crippen molar-refractivity contribution in [2.45, 2.75) is 24.4 Å². The van der Waals surface area contributed by atoms with Gasteiger partial charge in [0.15, 0.2) is 6.29 Å². The fourth-order valence-electron chi connectivity index (χ4n) is 1.66. The highest BCUT2D eigenvalue weighted by molar-refractivity contribution is 7.99. The molecule has 2 heterocycles. The van der Waals surface area contributed by atoms with E-state index in [0.717, 1.165) is 17.3 Å². The highest BCUT2D eigenvalue weighted by Crippen LogP contribution is 2.16. The average Bonchev–Trinajstić information content (AvgIpc) is 3.05. The van der Waals surface area contributed by atoms with Crippen molar-refractivity contribution in [2.75, 3.05) is 20.0 Å². The maximum absolute atomic E-state index is 5.15. The molecular formula is C11H18N6O2S. The first kappa shape index (κ1) is 14.9. The minimum atomic E-state index is -0.351. The predicted molar refractivity (Wildman–Crippen MR) is 73.3 cm³/mol. The third-order valence-electron chi connectivity index (χ3n) is 2.73. The number of tetrazole rings is 1. The molecule has 0 aliphatic carbocycles. The van der Waals surface area contributed by atoms with E-state index in [1.807, 2.05) is 19.4 Å². The average molecular weight is 298 g/mol. The Bertz CT molecular complexity index is 524. The first-order valence-electron chi connectivity index (χ1n) is 6.15. The number of nitrogens with zero attached hydrogens (tertiary/aromatic N) is 6. The molecule has 0 radical (unpaired) electrons. The van der Waals surface area contributed by atoms with E-state index in [1.54, 1.807) is 35.3 Å². The molecule has 2 aromatic rings. The number of aromatic nitrogens is 6. The van der Waals surface area contributed by atoms with Gasteiger partial charge in [0, 0.05) is 33.2 Å². The molecule has 9 heteroatoms. The Kier molecular flexibility index (Phi) is 5.50. The zero-order chi connectivity index (χ0) is 14.4. The Labute approximate surface area is 121 Å². The third-order valence-corrected chi connectivity index (χ3v) is 3.69. The van der Waals surface area contributed by atoms with Crippen LogP contribution in [0.15, 0.2) is 17.6 Å². The van der Waals surface area contributed by atoms with Crippen LogP contribution in [0, 0.1) is 0 Å². The number of hydrogen-bond acceptors (Lipinski definition) is 7. The summed E-state index contributed by atoms with van der Waals surface area (Å²) in [5.74, 6) is 0.886. The summed E-state index contributed by atoms with van der Waals surface area (Å²) in [6, 6.07) is 0. The molecular weight excluding hydrogens is 280 g/mol. The highest BCUT2D eigenvalue weighted by Gasteiger charge is 2.12. The van der Waals surface area contributed by atoms with Crippen LogP contribution >= 0.6 is 11.8 Å². The summed E-state index contributed by atoms with van der Waals surface area (Å²) in [6.45, 7) is 0.467. The molecule has 20 heavy (non-hydrogen) atoms. The Balaban J connectivity index is 1.85. The maximum atomic E-state index is 5.15. The smallest absolute Gasteiger partial charge is 0.209 e. The fourth-order valence-corrected chi connectivity index (χ4v) is 2.54. The number of methoxy groups -OCH3 is 2. The van der Waals surface area contributed by atoms with E-state index in [2.05, 4.69) is 20.6 Å². The fraction of sp³-hybridized carbons (Fsp3) is 0.636. The van der Waals surface area contributed by atoms with Gasteiger partial charge >= 0.3 is 0 Å². The lowest BCUT2D eigenvalue weighted by Crippen LogP contribution is -2.22. The van der Waals surface area contributed by atoms with E-state index >= 15 is 0 Å². The van der Waals surface area contributed by atoms with Crippen molar-refractivity contribution in [1.82, 2.24) is 30.0 Å². The summed E-state index contributed by atoms with van der Waals surface area (Å²) in [4.78, 5) is 0. The van der Waals surface area contributed by atoms with Crippen molar-refractivity contribution in [1.29, 1.82) is 0 Å². The Morgan fingerprint density at radius 2 is 2.15 bits per heavy atom. The van der Waals surface area contributed by atoms with Gasteiger partial charge < -0.3 is 9.47 Å². The van der Waals surface area contributed by atoms with E-state index in [4.69, 9.17) is 9.47 Å². The predicted octanol–water partition coefficient (Wildman–Crippen LogP) is 0.360. The quantitative estimate of drug-likeness (QED) is 0.514. The van der Waals surface area contributed by atoms with Gasteiger partial charge in [0.25, 0.3) is 0 Å². The van der Waals surface area contributed by atoms with Gasteiger partial charge in [-0.05, 0) is 22.4 Å². The molecule has 0 bridgehead atoms. The molecule has 0 amide bonds. The molecule has 0 atom stereocenters. The second-order valence-electron chi connectivity index (χ2n) is 4.17.